The lowest BCUT2D eigenvalue weighted by Gasteiger charge is -2.24. The largest absolute Gasteiger partial charge is 0.311 e. The van der Waals surface area contributed by atoms with Crippen LogP contribution in [-0.4, -0.2) is 33.0 Å². The van der Waals surface area contributed by atoms with Crippen molar-refractivity contribution in [3.63, 3.8) is 0 Å². The summed E-state index contributed by atoms with van der Waals surface area (Å²) in [5.74, 6) is 1.12. The lowest BCUT2D eigenvalue weighted by molar-refractivity contribution is 0.506. The minimum absolute atomic E-state index is 0.369. The van der Waals surface area contributed by atoms with Crippen LogP contribution in [0.15, 0.2) is 6.20 Å². The highest BCUT2D eigenvalue weighted by Crippen LogP contribution is 2.30. The molecular formula is C14H26N4S. The van der Waals surface area contributed by atoms with Gasteiger partial charge in [-0.2, -0.15) is 11.8 Å². The van der Waals surface area contributed by atoms with Crippen molar-refractivity contribution in [1.29, 1.82) is 0 Å². The maximum atomic E-state index is 4.19. The molecule has 0 bridgehead atoms. The second kappa shape index (κ2) is 7.90. The fourth-order valence-corrected chi connectivity index (χ4v) is 4.17. The van der Waals surface area contributed by atoms with Gasteiger partial charge in [0.05, 0.1) is 17.9 Å². The van der Waals surface area contributed by atoms with Crippen molar-refractivity contribution in [2.75, 3.05) is 12.8 Å². The molecule has 1 aromatic rings. The predicted molar refractivity (Wildman–Crippen MR) is 81.4 cm³/mol. The molecule has 19 heavy (non-hydrogen) atoms. The van der Waals surface area contributed by atoms with Crippen LogP contribution in [0.25, 0.3) is 0 Å². The molecule has 1 aliphatic rings. The van der Waals surface area contributed by atoms with Crippen LogP contribution < -0.4 is 5.32 Å². The number of thioether (sulfide) groups is 1. The van der Waals surface area contributed by atoms with Gasteiger partial charge in [0, 0.05) is 17.5 Å². The van der Waals surface area contributed by atoms with Gasteiger partial charge in [0.1, 0.15) is 0 Å². The normalized spacial score (nSPS) is 18.6. The van der Waals surface area contributed by atoms with Gasteiger partial charge in [0.2, 0.25) is 0 Å². The fraction of sp³-hybridized carbons (Fsp3) is 0.857. The summed E-state index contributed by atoms with van der Waals surface area (Å²) in [7, 11) is 2.04. The molecule has 5 heteroatoms. The van der Waals surface area contributed by atoms with Crippen molar-refractivity contribution in [1.82, 2.24) is 20.3 Å². The van der Waals surface area contributed by atoms with E-state index in [1.54, 1.807) is 0 Å². The highest BCUT2D eigenvalue weighted by atomic mass is 32.2. The Morgan fingerprint density at radius 2 is 2.21 bits per heavy atom. The van der Waals surface area contributed by atoms with E-state index in [4.69, 9.17) is 0 Å². The van der Waals surface area contributed by atoms with E-state index >= 15 is 0 Å². The van der Waals surface area contributed by atoms with Crippen LogP contribution in [0, 0.1) is 0 Å². The molecule has 1 atom stereocenters. The average Bonchev–Trinajstić information content (AvgIpc) is 2.90. The molecule has 1 N–H and O–H groups in total. The third-order valence-electron chi connectivity index (χ3n) is 3.84. The van der Waals surface area contributed by atoms with Gasteiger partial charge >= 0.3 is 0 Å². The lowest BCUT2D eigenvalue weighted by Crippen LogP contribution is -2.24. The molecule has 1 heterocycles. The van der Waals surface area contributed by atoms with Gasteiger partial charge in [-0.15, -0.1) is 5.10 Å². The third kappa shape index (κ3) is 4.21. The predicted octanol–water partition coefficient (Wildman–Crippen LogP) is 3.01. The Labute approximate surface area is 120 Å². The second-order valence-corrected chi connectivity index (χ2v) is 6.65. The maximum absolute atomic E-state index is 4.19. The summed E-state index contributed by atoms with van der Waals surface area (Å²) in [6, 6.07) is 0.369. The zero-order chi connectivity index (χ0) is 13.5. The van der Waals surface area contributed by atoms with E-state index in [0.29, 0.717) is 6.04 Å². The molecule has 1 aliphatic carbocycles. The van der Waals surface area contributed by atoms with E-state index in [9.17, 15) is 0 Å². The Morgan fingerprint density at radius 1 is 1.42 bits per heavy atom. The molecule has 1 fully saturated rings. The summed E-state index contributed by atoms with van der Waals surface area (Å²) < 4.78 is 2.04. The Hall–Kier alpha value is -0.550. The second-order valence-electron chi connectivity index (χ2n) is 5.32. The van der Waals surface area contributed by atoms with Crippen LogP contribution in [0.4, 0.5) is 0 Å². The monoisotopic (exact) mass is 282 g/mol. The summed E-state index contributed by atoms with van der Waals surface area (Å²) in [4.78, 5) is 0. The molecule has 0 amide bonds. The lowest BCUT2D eigenvalue weighted by atomic mass is 10.0. The van der Waals surface area contributed by atoms with Crippen molar-refractivity contribution in [3.05, 3.63) is 11.9 Å². The van der Waals surface area contributed by atoms with Crippen molar-refractivity contribution in [2.24, 2.45) is 0 Å². The maximum Gasteiger partial charge on any atom is 0.0764 e. The number of nitrogens with one attached hydrogen (secondary N) is 1. The van der Waals surface area contributed by atoms with Gasteiger partial charge in [0.25, 0.3) is 0 Å². The Morgan fingerprint density at radius 3 is 2.89 bits per heavy atom. The Kier molecular flexibility index (Phi) is 6.17. The van der Waals surface area contributed by atoms with Gasteiger partial charge in [-0.05, 0) is 26.3 Å². The minimum Gasteiger partial charge on any atom is -0.311 e. The molecule has 2 rings (SSSR count). The first-order valence-electron chi connectivity index (χ1n) is 7.52. The first-order chi connectivity index (χ1) is 9.35. The zero-order valence-electron chi connectivity index (χ0n) is 12.1. The average molecular weight is 282 g/mol. The SMILES string of the molecule is CCCn1nncc1C(CSC1CCCCC1)NC. The summed E-state index contributed by atoms with van der Waals surface area (Å²) >= 11 is 2.12. The molecular weight excluding hydrogens is 256 g/mol. The molecule has 0 spiro atoms. The van der Waals surface area contributed by atoms with Gasteiger partial charge in [0.15, 0.2) is 0 Å². The smallest absolute Gasteiger partial charge is 0.0764 e. The number of hydrogen-bond acceptors (Lipinski definition) is 4. The molecule has 4 nitrogen and oxygen atoms in total. The Bertz CT molecular complexity index is 360. The Balaban J connectivity index is 1.89. The van der Waals surface area contributed by atoms with Crippen molar-refractivity contribution >= 4 is 11.8 Å². The van der Waals surface area contributed by atoms with Gasteiger partial charge in [-0.3, -0.25) is 0 Å². The summed E-state index contributed by atoms with van der Waals surface area (Å²) in [6.07, 6.45) is 10.1. The molecule has 0 saturated heterocycles. The molecule has 108 valence electrons. The van der Waals surface area contributed by atoms with E-state index in [-0.39, 0.29) is 0 Å². The van der Waals surface area contributed by atoms with Gasteiger partial charge in [-0.1, -0.05) is 31.4 Å². The first kappa shape index (κ1) is 14.9. The number of nitrogens with zero attached hydrogens (tertiary/aromatic N) is 3. The number of rotatable bonds is 7. The molecule has 1 saturated carbocycles. The fourth-order valence-electron chi connectivity index (χ4n) is 2.70. The summed E-state index contributed by atoms with van der Waals surface area (Å²) in [5.41, 5.74) is 1.23. The van der Waals surface area contributed by atoms with Crippen molar-refractivity contribution in [2.45, 2.75) is 63.3 Å². The van der Waals surface area contributed by atoms with E-state index in [2.05, 4.69) is 34.3 Å². The third-order valence-corrected chi connectivity index (χ3v) is 5.31. The summed E-state index contributed by atoms with van der Waals surface area (Å²) in [6.45, 7) is 3.14. The van der Waals surface area contributed by atoms with Gasteiger partial charge < -0.3 is 5.32 Å². The minimum atomic E-state index is 0.369. The van der Waals surface area contributed by atoms with Crippen LogP contribution >= 0.6 is 11.8 Å². The zero-order valence-corrected chi connectivity index (χ0v) is 13.0. The van der Waals surface area contributed by atoms with Crippen LogP contribution in [0.5, 0.6) is 0 Å². The van der Waals surface area contributed by atoms with Crippen LogP contribution in [0.2, 0.25) is 0 Å². The van der Waals surface area contributed by atoms with Crippen LogP contribution in [0.1, 0.15) is 57.2 Å². The van der Waals surface area contributed by atoms with Gasteiger partial charge in [-0.25, -0.2) is 4.68 Å². The van der Waals surface area contributed by atoms with Crippen molar-refractivity contribution < 1.29 is 0 Å². The van der Waals surface area contributed by atoms with E-state index in [1.165, 1.54) is 37.8 Å². The highest BCUT2D eigenvalue weighted by molar-refractivity contribution is 7.99. The van der Waals surface area contributed by atoms with Crippen molar-refractivity contribution in [3.8, 4) is 0 Å². The number of hydrogen-bond donors (Lipinski definition) is 1. The van der Waals surface area contributed by atoms with E-state index in [0.717, 1.165) is 24.0 Å². The number of aryl methyl sites for hydroxylation is 1. The molecule has 0 aromatic carbocycles. The quantitative estimate of drug-likeness (QED) is 0.835. The molecule has 0 radical (unpaired) electrons. The van der Waals surface area contributed by atoms with E-state index in [1.807, 2.05) is 17.9 Å². The molecule has 0 aliphatic heterocycles. The van der Waals surface area contributed by atoms with Crippen LogP contribution in [0.3, 0.4) is 0 Å². The summed E-state index contributed by atoms with van der Waals surface area (Å²) in [5, 5.41) is 12.5. The standard InChI is InChI=1S/C14H26N4S/c1-3-9-18-14(10-16-17-18)13(15-2)11-19-12-7-5-4-6-8-12/h10,12-13,15H,3-9,11H2,1-2H3. The molecule has 1 unspecified atom stereocenters. The topological polar surface area (TPSA) is 42.7 Å². The molecule has 1 aromatic heterocycles. The van der Waals surface area contributed by atoms with E-state index < -0.39 is 0 Å². The van der Waals surface area contributed by atoms with Crippen LogP contribution in [-0.2, 0) is 6.54 Å². The number of aromatic nitrogens is 3. The first-order valence-corrected chi connectivity index (χ1v) is 8.57. The highest BCUT2D eigenvalue weighted by Gasteiger charge is 2.19.